The van der Waals surface area contributed by atoms with Crippen LogP contribution in [-0.4, -0.2) is 33.2 Å². The Kier molecular flexibility index (Phi) is 4.96. The topological polar surface area (TPSA) is 77.5 Å². The minimum absolute atomic E-state index is 0.169. The first kappa shape index (κ1) is 17.8. The second-order valence-electron chi connectivity index (χ2n) is 6.30. The molecule has 0 saturated heterocycles. The molecular weight excluding hydrogens is 364 g/mol. The molecule has 1 aromatic heterocycles. The Bertz CT molecular complexity index is 1060. The van der Waals surface area contributed by atoms with Crippen molar-refractivity contribution in [3.8, 4) is 11.5 Å². The zero-order chi connectivity index (χ0) is 18.7. The number of benzene rings is 2. The van der Waals surface area contributed by atoms with Gasteiger partial charge in [0.1, 0.15) is 0 Å². The summed E-state index contributed by atoms with van der Waals surface area (Å²) in [5, 5.41) is 1.04. The summed E-state index contributed by atoms with van der Waals surface area (Å²) in [5.74, 6) is 1.04. The van der Waals surface area contributed by atoms with Crippen molar-refractivity contribution < 1.29 is 17.9 Å². The van der Waals surface area contributed by atoms with Crippen LogP contribution in [0.3, 0.4) is 0 Å². The van der Waals surface area contributed by atoms with Gasteiger partial charge in [-0.15, -0.1) is 0 Å². The predicted octanol–water partition coefficient (Wildman–Crippen LogP) is 2.92. The number of hydrogen-bond donors (Lipinski definition) is 1. The van der Waals surface area contributed by atoms with E-state index in [2.05, 4.69) is 9.71 Å². The number of para-hydroxylation sites is 1. The zero-order valence-corrected chi connectivity index (χ0v) is 15.5. The van der Waals surface area contributed by atoms with Crippen molar-refractivity contribution in [1.29, 1.82) is 0 Å². The first-order valence-corrected chi connectivity index (χ1v) is 10.3. The molecule has 6 nitrogen and oxygen atoms in total. The van der Waals surface area contributed by atoms with Gasteiger partial charge in [0, 0.05) is 30.6 Å². The van der Waals surface area contributed by atoms with Crippen LogP contribution in [0.25, 0.3) is 10.9 Å². The van der Waals surface area contributed by atoms with Gasteiger partial charge in [-0.25, -0.2) is 13.1 Å². The molecule has 2 aromatic carbocycles. The molecule has 1 aliphatic rings. The Morgan fingerprint density at radius 2 is 1.81 bits per heavy atom. The molecule has 4 rings (SSSR count). The molecule has 0 atom stereocenters. The fourth-order valence-corrected chi connectivity index (χ4v) is 4.13. The van der Waals surface area contributed by atoms with Gasteiger partial charge in [0.2, 0.25) is 10.0 Å². The van der Waals surface area contributed by atoms with Crippen molar-refractivity contribution in [2.75, 3.05) is 19.8 Å². The summed E-state index contributed by atoms with van der Waals surface area (Å²) in [7, 11) is -3.64. The normalized spacial score (nSPS) is 14.1. The van der Waals surface area contributed by atoms with Crippen LogP contribution in [0.15, 0.2) is 59.6 Å². The van der Waals surface area contributed by atoms with E-state index in [9.17, 15) is 8.42 Å². The fourth-order valence-electron chi connectivity index (χ4n) is 3.08. The summed E-state index contributed by atoms with van der Waals surface area (Å²) in [6.45, 7) is 1.36. The van der Waals surface area contributed by atoms with Gasteiger partial charge in [-0.1, -0.05) is 24.3 Å². The summed E-state index contributed by atoms with van der Waals surface area (Å²) in [5.41, 5.74) is 1.91. The SMILES string of the molecule is O=S(=O)(NCCc1cccc2cccnc12)c1ccc2c(c1)OCCCO2. The van der Waals surface area contributed by atoms with Gasteiger partial charge in [-0.2, -0.15) is 0 Å². The quantitative estimate of drug-likeness (QED) is 0.732. The number of nitrogens with one attached hydrogen (secondary N) is 1. The van der Waals surface area contributed by atoms with Crippen molar-refractivity contribution in [2.45, 2.75) is 17.7 Å². The number of pyridine rings is 1. The van der Waals surface area contributed by atoms with Gasteiger partial charge in [-0.05, 0) is 30.2 Å². The monoisotopic (exact) mass is 384 g/mol. The molecule has 1 aliphatic heterocycles. The zero-order valence-electron chi connectivity index (χ0n) is 14.7. The van der Waals surface area contributed by atoms with Crippen LogP contribution in [0.5, 0.6) is 11.5 Å². The maximum Gasteiger partial charge on any atom is 0.240 e. The van der Waals surface area contributed by atoms with Gasteiger partial charge >= 0.3 is 0 Å². The van der Waals surface area contributed by atoms with E-state index in [-0.39, 0.29) is 11.4 Å². The van der Waals surface area contributed by atoms with Crippen molar-refractivity contribution in [1.82, 2.24) is 9.71 Å². The number of sulfonamides is 1. The molecule has 1 N–H and O–H groups in total. The lowest BCUT2D eigenvalue weighted by Crippen LogP contribution is -2.26. The number of hydrogen-bond acceptors (Lipinski definition) is 5. The Hall–Kier alpha value is -2.64. The predicted molar refractivity (Wildman–Crippen MR) is 103 cm³/mol. The third kappa shape index (κ3) is 3.89. The van der Waals surface area contributed by atoms with E-state index in [1.807, 2.05) is 30.3 Å². The molecule has 0 unspecified atom stereocenters. The largest absolute Gasteiger partial charge is 0.490 e. The molecular formula is C20H20N2O4S. The van der Waals surface area contributed by atoms with Crippen LogP contribution >= 0.6 is 0 Å². The molecule has 7 heteroatoms. The van der Waals surface area contributed by atoms with E-state index >= 15 is 0 Å². The molecule has 27 heavy (non-hydrogen) atoms. The second-order valence-corrected chi connectivity index (χ2v) is 8.07. The third-order valence-corrected chi connectivity index (χ3v) is 5.89. The fraction of sp³-hybridized carbons (Fsp3) is 0.250. The Balaban J connectivity index is 1.48. The molecule has 140 valence electrons. The Morgan fingerprint density at radius 3 is 2.70 bits per heavy atom. The highest BCUT2D eigenvalue weighted by Crippen LogP contribution is 2.31. The Labute approximate surface area is 158 Å². The maximum atomic E-state index is 12.6. The Morgan fingerprint density at radius 1 is 1.00 bits per heavy atom. The van der Waals surface area contributed by atoms with Crippen molar-refractivity contribution in [3.63, 3.8) is 0 Å². The van der Waals surface area contributed by atoms with Crippen LogP contribution in [0.1, 0.15) is 12.0 Å². The van der Waals surface area contributed by atoms with E-state index < -0.39 is 10.0 Å². The highest BCUT2D eigenvalue weighted by Gasteiger charge is 2.18. The molecule has 0 aliphatic carbocycles. The summed E-state index contributed by atoms with van der Waals surface area (Å²) in [4.78, 5) is 4.57. The molecule has 0 spiro atoms. The average molecular weight is 384 g/mol. The minimum Gasteiger partial charge on any atom is -0.490 e. The van der Waals surface area contributed by atoms with Crippen molar-refractivity contribution in [2.24, 2.45) is 0 Å². The molecule has 0 fully saturated rings. The van der Waals surface area contributed by atoms with Crippen molar-refractivity contribution in [3.05, 3.63) is 60.3 Å². The number of ether oxygens (including phenoxy) is 2. The van der Waals surface area contributed by atoms with Gasteiger partial charge in [0.15, 0.2) is 11.5 Å². The number of rotatable bonds is 5. The molecule has 0 radical (unpaired) electrons. The third-order valence-electron chi connectivity index (χ3n) is 4.43. The standard InChI is InChI=1S/C20H20N2O4S/c23-27(24,17-7-8-18-19(14-17)26-13-3-12-25-18)22-11-9-16-5-1-4-15-6-2-10-21-20(15)16/h1-2,4-8,10,14,22H,3,9,11-13H2. The van der Waals surface area contributed by atoms with Crippen molar-refractivity contribution >= 4 is 20.9 Å². The first-order valence-electron chi connectivity index (χ1n) is 8.85. The van der Waals surface area contributed by atoms with Crippen LogP contribution in [0.2, 0.25) is 0 Å². The van der Waals surface area contributed by atoms with Crippen LogP contribution < -0.4 is 14.2 Å². The molecule has 0 amide bonds. The average Bonchev–Trinajstić information content (AvgIpc) is 2.93. The molecule has 0 saturated carbocycles. The molecule has 3 aromatic rings. The number of aromatic nitrogens is 1. The number of fused-ring (bicyclic) bond motifs is 2. The van der Waals surface area contributed by atoms with E-state index in [4.69, 9.17) is 9.47 Å². The molecule has 0 bridgehead atoms. The second kappa shape index (κ2) is 7.54. The minimum atomic E-state index is -3.64. The van der Waals surface area contributed by atoms with Crippen LogP contribution in [0.4, 0.5) is 0 Å². The number of nitrogens with zero attached hydrogens (tertiary/aromatic N) is 1. The highest BCUT2D eigenvalue weighted by molar-refractivity contribution is 7.89. The summed E-state index contributed by atoms with van der Waals surface area (Å²) < 4.78 is 39.1. The van der Waals surface area contributed by atoms with Gasteiger partial charge in [-0.3, -0.25) is 4.98 Å². The van der Waals surface area contributed by atoms with Gasteiger partial charge < -0.3 is 9.47 Å². The summed E-state index contributed by atoms with van der Waals surface area (Å²) in [6.07, 6.45) is 3.07. The maximum absolute atomic E-state index is 12.6. The smallest absolute Gasteiger partial charge is 0.240 e. The van der Waals surface area contributed by atoms with E-state index in [1.165, 1.54) is 12.1 Å². The lowest BCUT2D eigenvalue weighted by molar-refractivity contribution is 0.297. The first-order chi connectivity index (χ1) is 13.1. The van der Waals surface area contributed by atoms with E-state index in [1.54, 1.807) is 12.3 Å². The summed E-state index contributed by atoms with van der Waals surface area (Å²) in [6, 6.07) is 14.5. The van der Waals surface area contributed by atoms with E-state index in [0.717, 1.165) is 22.9 Å². The van der Waals surface area contributed by atoms with Crippen LogP contribution in [0, 0.1) is 0 Å². The summed E-state index contributed by atoms with van der Waals surface area (Å²) >= 11 is 0. The van der Waals surface area contributed by atoms with Gasteiger partial charge in [0.25, 0.3) is 0 Å². The lowest BCUT2D eigenvalue weighted by Gasteiger charge is -2.11. The molecule has 2 heterocycles. The van der Waals surface area contributed by atoms with E-state index in [0.29, 0.717) is 31.1 Å². The lowest BCUT2D eigenvalue weighted by atomic mass is 10.1. The van der Waals surface area contributed by atoms with Gasteiger partial charge in [0.05, 0.1) is 23.6 Å². The highest BCUT2D eigenvalue weighted by atomic mass is 32.2. The van der Waals surface area contributed by atoms with Crippen LogP contribution in [-0.2, 0) is 16.4 Å².